The van der Waals surface area contributed by atoms with Gasteiger partial charge in [0.25, 0.3) is 0 Å². The lowest BCUT2D eigenvalue weighted by Crippen LogP contribution is -2.33. The van der Waals surface area contributed by atoms with Gasteiger partial charge in [0.15, 0.2) is 0 Å². The summed E-state index contributed by atoms with van der Waals surface area (Å²) >= 11 is 0. The summed E-state index contributed by atoms with van der Waals surface area (Å²) in [5, 5.41) is 2.75. The van der Waals surface area contributed by atoms with E-state index in [9.17, 15) is 9.59 Å². The Balaban J connectivity index is 3.71. The van der Waals surface area contributed by atoms with E-state index in [-0.39, 0.29) is 23.5 Å². The molecule has 3 nitrogen and oxygen atoms in total. The molecule has 82 valence electrons. The quantitative estimate of drug-likeness (QED) is 0.687. The third kappa shape index (κ3) is 7.77. The minimum Gasteiger partial charge on any atom is -0.355 e. The number of ketones is 1. The van der Waals surface area contributed by atoms with Crippen molar-refractivity contribution in [2.75, 3.05) is 6.54 Å². The van der Waals surface area contributed by atoms with Crippen LogP contribution < -0.4 is 5.32 Å². The summed E-state index contributed by atoms with van der Waals surface area (Å²) < 4.78 is 0. The zero-order valence-electron chi connectivity index (χ0n) is 9.64. The molecule has 0 aromatic rings. The lowest BCUT2D eigenvalue weighted by atomic mass is 9.97. The standard InChI is InChI=1S/C11H21NO2/c1-5-6-9(13)7-10(14)12-8-11(2,3)4/h5-8H2,1-4H3,(H,12,14). The Kier molecular flexibility index (Phi) is 5.43. The second kappa shape index (κ2) is 5.78. The van der Waals surface area contributed by atoms with Crippen molar-refractivity contribution in [1.29, 1.82) is 0 Å². The molecule has 0 unspecified atom stereocenters. The Labute approximate surface area is 86.3 Å². The molecule has 0 heterocycles. The third-order valence-electron chi connectivity index (χ3n) is 1.70. The lowest BCUT2D eigenvalue weighted by Gasteiger charge is -2.18. The van der Waals surface area contributed by atoms with Crippen LogP contribution in [0.5, 0.6) is 0 Å². The van der Waals surface area contributed by atoms with Gasteiger partial charge in [-0.25, -0.2) is 0 Å². The van der Waals surface area contributed by atoms with Gasteiger partial charge in [-0.2, -0.15) is 0 Å². The Morgan fingerprint density at radius 3 is 2.21 bits per heavy atom. The molecular weight excluding hydrogens is 178 g/mol. The van der Waals surface area contributed by atoms with Gasteiger partial charge in [-0.3, -0.25) is 9.59 Å². The molecular formula is C11H21NO2. The molecule has 1 N–H and O–H groups in total. The van der Waals surface area contributed by atoms with E-state index < -0.39 is 0 Å². The molecule has 0 saturated carbocycles. The number of carbonyl (C=O) groups excluding carboxylic acids is 2. The van der Waals surface area contributed by atoms with Crippen molar-refractivity contribution in [1.82, 2.24) is 5.32 Å². The smallest absolute Gasteiger partial charge is 0.227 e. The van der Waals surface area contributed by atoms with Crippen LogP contribution in [-0.4, -0.2) is 18.2 Å². The largest absolute Gasteiger partial charge is 0.355 e. The fourth-order valence-electron chi connectivity index (χ4n) is 0.973. The Morgan fingerprint density at radius 1 is 1.21 bits per heavy atom. The van der Waals surface area contributed by atoms with Crippen LogP contribution in [0, 0.1) is 5.41 Å². The number of amides is 1. The molecule has 14 heavy (non-hydrogen) atoms. The first kappa shape index (κ1) is 13.1. The van der Waals surface area contributed by atoms with Crippen LogP contribution in [0.1, 0.15) is 47.0 Å². The van der Waals surface area contributed by atoms with Gasteiger partial charge in [-0.1, -0.05) is 27.7 Å². The van der Waals surface area contributed by atoms with Gasteiger partial charge in [0.05, 0.1) is 6.42 Å². The van der Waals surface area contributed by atoms with Crippen LogP contribution in [0.2, 0.25) is 0 Å². The van der Waals surface area contributed by atoms with Gasteiger partial charge in [0.2, 0.25) is 5.91 Å². The van der Waals surface area contributed by atoms with E-state index in [1.165, 1.54) is 0 Å². The van der Waals surface area contributed by atoms with E-state index in [2.05, 4.69) is 5.32 Å². The van der Waals surface area contributed by atoms with Gasteiger partial charge in [-0.05, 0) is 11.8 Å². The highest BCUT2D eigenvalue weighted by molar-refractivity contribution is 5.97. The zero-order chi connectivity index (χ0) is 11.2. The molecule has 0 saturated heterocycles. The van der Waals surface area contributed by atoms with E-state index in [0.717, 1.165) is 6.42 Å². The zero-order valence-corrected chi connectivity index (χ0v) is 9.64. The van der Waals surface area contributed by atoms with Gasteiger partial charge in [-0.15, -0.1) is 0 Å². The van der Waals surface area contributed by atoms with E-state index in [0.29, 0.717) is 13.0 Å². The molecule has 1 amide bonds. The van der Waals surface area contributed by atoms with Gasteiger partial charge in [0.1, 0.15) is 5.78 Å². The van der Waals surface area contributed by atoms with E-state index in [4.69, 9.17) is 0 Å². The average molecular weight is 199 g/mol. The van der Waals surface area contributed by atoms with Crippen molar-refractivity contribution < 1.29 is 9.59 Å². The number of hydrogen-bond donors (Lipinski definition) is 1. The Hall–Kier alpha value is -0.860. The number of hydrogen-bond acceptors (Lipinski definition) is 2. The molecule has 0 aliphatic heterocycles. The number of nitrogens with one attached hydrogen (secondary N) is 1. The van der Waals surface area contributed by atoms with Gasteiger partial charge in [0, 0.05) is 13.0 Å². The maximum atomic E-state index is 11.2. The molecule has 0 rings (SSSR count). The van der Waals surface area contributed by atoms with Crippen LogP contribution in [0.4, 0.5) is 0 Å². The van der Waals surface area contributed by atoms with Crippen LogP contribution in [-0.2, 0) is 9.59 Å². The number of Topliss-reactive ketones (excluding diaryl/α,β-unsaturated/α-hetero) is 1. The summed E-state index contributed by atoms with van der Waals surface area (Å²) in [5.41, 5.74) is 0.0729. The van der Waals surface area contributed by atoms with Crippen LogP contribution >= 0.6 is 0 Å². The Bertz CT molecular complexity index is 204. The SMILES string of the molecule is CCCC(=O)CC(=O)NCC(C)(C)C. The molecule has 0 bridgehead atoms. The van der Waals surface area contributed by atoms with Gasteiger partial charge < -0.3 is 5.32 Å². The van der Waals surface area contributed by atoms with Gasteiger partial charge >= 0.3 is 0 Å². The summed E-state index contributed by atoms with van der Waals surface area (Å²) in [7, 11) is 0. The summed E-state index contributed by atoms with van der Waals surface area (Å²) in [6.07, 6.45) is 1.35. The molecule has 0 radical (unpaired) electrons. The third-order valence-corrected chi connectivity index (χ3v) is 1.70. The number of carbonyl (C=O) groups is 2. The minimum atomic E-state index is -0.154. The summed E-state index contributed by atoms with van der Waals surface area (Å²) in [5.74, 6) is -0.128. The highest BCUT2D eigenvalue weighted by atomic mass is 16.2. The molecule has 0 aromatic carbocycles. The maximum Gasteiger partial charge on any atom is 0.227 e. The summed E-state index contributed by atoms with van der Waals surface area (Å²) in [4.78, 5) is 22.4. The second-order valence-corrected chi connectivity index (χ2v) is 4.80. The molecule has 0 aliphatic rings. The average Bonchev–Trinajstić information content (AvgIpc) is 2.00. The van der Waals surface area contributed by atoms with Crippen molar-refractivity contribution in [3.8, 4) is 0 Å². The van der Waals surface area contributed by atoms with E-state index in [1.54, 1.807) is 0 Å². The second-order valence-electron chi connectivity index (χ2n) is 4.80. The molecule has 0 fully saturated rings. The molecule has 0 spiro atoms. The number of rotatable bonds is 5. The fourth-order valence-corrected chi connectivity index (χ4v) is 0.973. The van der Waals surface area contributed by atoms with E-state index in [1.807, 2.05) is 27.7 Å². The van der Waals surface area contributed by atoms with Crippen molar-refractivity contribution in [3.63, 3.8) is 0 Å². The van der Waals surface area contributed by atoms with Crippen molar-refractivity contribution >= 4 is 11.7 Å². The van der Waals surface area contributed by atoms with Crippen molar-refractivity contribution in [2.24, 2.45) is 5.41 Å². The first-order valence-electron chi connectivity index (χ1n) is 5.13. The molecule has 0 aromatic heterocycles. The first-order valence-corrected chi connectivity index (χ1v) is 5.13. The monoisotopic (exact) mass is 199 g/mol. The fraction of sp³-hybridized carbons (Fsp3) is 0.818. The van der Waals surface area contributed by atoms with Crippen LogP contribution in [0.15, 0.2) is 0 Å². The van der Waals surface area contributed by atoms with E-state index >= 15 is 0 Å². The first-order chi connectivity index (χ1) is 6.35. The normalized spacial score (nSPS) is 11.1. The lowest BCUT2D eigenvalue weighted by molar-refractivity contribution is -0.128. The van der Waals surface area contributed by atoms with Crippen LogP contribution in [0.25, 0.3) is 0 Å². The Morgan fingerprint density at radius 2 is 1.79 bits per heavy atom. The molecule has 0 aliphatic carbocycles. The highest BCUT2D eigenvalue weighted by Crippen LogP contribution is 2.10. The van der Waals surface area contributed by atoms with Crippen molar-refractivity contribution in [2.45, 2.75) is 47.0 Å². The molecule has 0 atom stereocenters. The highest BCUT2D eigenvalue weighted by Gasteiger charge is 2.13. The van der Waals surface area contributed by atoms with Crippen molar-refractivity contribution in [3.05, 3.63) is 0 Å². The minimum absolute atomic E-state index is 0.0268. The topological polar surface area (TPSA) is 46.2 Å². The molecule has 3 heteroatoms. The maximum absolute atomic E-state index is 11.2. The summed E-state index contributed by atoms with van der Waals surface area (Å²) in [6, 6.07) is 0. The predicted octanol–water partition coefficient (Wildman–Crippen LogP) is 1.91. The van der Waals surface area contributed by atoms with Crippen LogP contribution in [0.3, 0.4) is 0 Å². The predicted molar refractivity (Wildman–Crippen MR) is 57.0 cm³/mol. The summed E-state index contributed by atoms with van der Waals surface area (Å²) in [6.45, 7) is 8.68.